The van der Waals surface area contributed by atoms with Gasteiger partial charge >= 0.3 is 0 Å². The monoisotopic (exact) mass is 245 g/mol. The van der Waals surface area contributed by atoms with E-state index in [9.17, 15) is 5.11 Å². The topological polar surface area (TPSA) is 23.5 Å². The van der Waals surface area contributed by atoms with E-state index in [2.05, 4.69) is 4.90 Å². The molecule has 2 aliphatic heterocycles. The molecular weight excluding hydrogens is 227 g/mol. The Morgan fingerprint density at radius 1 is 1.17 bits per heavy atom. The summed E-state index contributed by atoms with van der Waals surface area (Å²) in [5.41, 5.74) is 0. The molecule has 0 spiro atoms. The standard InChI is InChI=1S/C8H15NO.CH3.Y/c10-8-3-5-9-4-1-2-7(8)6-9;;/h7-8,10H,1-6H2;1H3;/q;-1;/t7-,8+;;/m1../s1. The molecule has 2 rings (SSSR count). The predicted octanol–water partition coefficient (Wildman–Crippen LogP) is 0.911. The van der Waals surface area contributed by atoms with E-state index in [1.54, 1.807) is 0 Å². The molecule has 0 aromatic heterocycles. The third-order valence-electron chi connectivity index (χ3n) is 2.83. The maximum absolute atomic E-state index is 9.49. The molecule has 1 N–H and O–H groups in total. The van der Waals surface area contributed by atoms with E-state index in [1.807, 2.05) is 0 Å². The van der Waals surface area contributed by atoms with Crippen LogP contribution >= 0.6 is 0 Å². The molecule has 12 heavy (non-hydrogen) atoms. The summed E-state index contributed by atoms with van der Waals surface area (Å²) in [5, 5.41) is 9.49. The molecule has 2 nitrogen and oxygen atoms in total. The Bertz CT molecular complexity index is 130. The van der Waals surface area contributed by atoms with Crippen molar-refractivity contribution in [3.63, 3.8) is 0 Å². The number of hydrogen-bond donors (Lipinski definition) is 1. The number of aliphatic hydroxyl groups is 1. The average molecular weight is 245 g/mol. The van der Waals surface area contributed by atoms with Gasteiger partial charge in [0.15, 0.2) is 0 Å². The molecule has 0 aliphatic carbocycles. The molecule has 0 saturated carbocycles. The van der Waals surface area contributed by atoms with Crippen LogP contribution in [0.5, 0.6) is 0 Å². The number of rotatable bonds is 0. The van der Waals surface area contributed by atoms with Crippen molar-refractivity contribution in [1.82, 2.24) is 4.90 Å². The number of fused-ring (bicyclic) bond motifs is 2. The van der Waals surface area contributed by atoms with Gasteiger partial charge in [-0.2, -0.15) is 0 Å². The van der Waals surface area contributed by atoms with E-state index in [0.29, 0.717) is 5.92 Å². The van der Waals surface area contributed by atoms with E-state index in [1.165, 1.54) is 19.4 Å². The summed E-state index contributed by atoms with van der Waals surface area (Å²) < 4.78 is 0. The van der Waals surface area contributed by atoms with E-state index in [4.69, 9.17) is 0 Å². The van der Waals surface area contributed by atoms with Gasteiger partial charge in [-0.05, 0) is 31.7 Å². The number of aliphatic hydroxyl groups excluding tert-OH is 1. The number of nitrogens with zero attached hydrogens (tertiary/aromatic N) is 1. The minimum atomic E-state index is 0. The van der Waals surface area contributed by atoms with E-state index in [-0.39, 0.29) is 46.2 Å². The van der Waals surface area contributed by atoms with Crippen LogP contribution in [-0.4, -0.2) is 35.7 Å². The van der Waals surface area contributed by atoms with Gasteiger partial charge in [-0.15, -0.1) is 0 Å². The van der Waals surface area contributed by atoms with Crippen molar-refractivity contribution in [1.29, 1.82) is 0 Å². The first kappa shape index (κ1) is 13.0. The first-order valence-corrected chi connectivity index (χ1v) is 4.26. The SMILES string of the molecule is O[C@H]1CCN2CCC[C@@H]1C2.[CH3-].[Y]. The molecule has 3 atom stereocenters. The quantitative estimate of drug-likeness (QED) is 0.641. The minimum Gasteiger partial charge on any atom is -0.393 e. The van der Waals surface area contributed by atoms with Crippen molar-refractivity contribution >= 4 is 0 Å². The van der Waals surface area contributed by atoms with Crippen LogP contribution in [-0.2, 0) is 32.7 Å². The Hall–Kier alpha value is 1.02. The van der Waals surface area contributed by atoms with Crippen LogP contribution in [0.2, 0.25) is 0 Å². The van der Waals surface area contributed by atoms with E-state index < -0.39 is 0 Å². The first-order valence-electron chi connectivity index (χ1n) is 4.26. The van der Waals surface area contributed by atoms with Gasteiger partial charge in [-0.1, -0.05) is 0 Å². The fraction of sp³-hybridized carbons (Fsp3) is 0.889. The van der Waals surface area contributed by atoms with Crippen molar-refractivity contribution in [2.24, 2.45) is 5.92 Å². The number of hydrogen-bond acceptors (Lipinski definition) is 2. The zero-order chi connectivity index (χ0) is 6.97. The van der Waals surface area contributed by atoms with Crippen LogP contribution in [0.4, 0.5) is 0 Å². The summed E-state index contributed by atoms with van der Waals surface area (Å²) in [7, 11) is 0. The van der Waals surface area contributed by atoms with Crippen LogP contribution in [0.15, 0.2) is 0 Å². The second-order valence-electron chi connectivity index (χ2n) is 3.56. The van der Waals surface area contributed by atoms with Gasteiger partial charge in [0.2, 0.25) is 0 Å². The fourth-order valence-electron chi connectivity index (χ4n) is 2.16. The summed E-state index contributed by atoms with van der Waals surface area (Å²) >= 11 is 0. The molecule has 0 aromatic rings. The molecule has 2 saturated heterocycles. The Labute approximate surface area is 101 Å². The van der Waals surface area contributed by atoms with Crippen molar-refractivity contribution < 1.29 is 37.8 Å². The third-order valence-corrected chi connectivity index (χ3v) is 2.83. The van der Waals surface area contributed by atoms with Crippen LogP contribution in [0.1, 0.15) is 19.3 Å². The van der Waals surface area contributed by atoms with Gasteiger partial charge in [0, 0.05) is 45.8 Å². The second-order valence-corrected chi connectivity index (χ2v) is 3.56. The van der Waals surface area contributed by atoms with Crippen LogP contribution in [0.25, 0.3) is 0 Å². The average Bonchev–Trinajstić information content (AvgIpc) is 1.99. The Kier molecular flexibility index (Phi) is 6.18. The Morgan fingerprint density at radius 2 is 1.92 bits per heavy atom. The van der Waals surface area contributed by atoms with Crippen LogP contribution < -0.4 is 0 Å². The Morgan fingerprint density at radius 3 is 2.58 bits per heavy atom. The smallest absolute Gasteiger partial charge is 0.0592 e. The maximum atomic E-state index is 9.49. The molecule has 1 radical (unpaired) electrons. The van der Waals surface area contributed by atoms with Crippen molar-refractivity contribution in [3.8, 4) is 0 Å². The molecule has 2 fully saturated rings. The van der Waals surface area contributed by atoms with Crippen molar-refractivity contribution in [3.05, 3.63) is 7.43 Å². The normalized spacial score (nSPS) is 39.2. The van der Waals surface area contributed by atoms with Gasteiger partial charge in [0.1, 0.15) is 0 Å². The zero-order valence-corrected chi connectivity index (χ0v) is 10.7. The molecule has 2 heterocycles. The summed E-state index contributed by atoms with van der Waals surface area (Å²) in [6.07, 6.45) is 3.56. The van der Waals surface area contributed by atoms with E-state index in [0.717, 1.165) is 19.5 Å². The first-order chi connectivity index (χ1) is 4.86. The molecule has 2 bridgehead atoms. The van der Waals surface area contributed by atoms with Crippen LogP contribution in [0.3, 0.4) is 0 Å². The van der Waals surface area contributed by atoms with Gasteiger partial charge in [0.05, 0.1) is 6.10 Å². The fourth-order valence-corrected chi connectivity index (χ4v) is 2.16. The van der Waals surface area contributed by atoms with Gasteiger partial charge in [-0.25, -0.2) is 0 Å². The van der Waals surface area contributed by atoms with E-state index >= 15 is 0 Å². The van der Waals surface area contributed by atoms with Crippen molar-refractivity contribution in [2.45, 2.75) is 25.4 Å². The molecule has 2 aliphatic rings. The predicted molar refractivity (Wildman–Crippen MR) is 46.2 cm³/mol. The molecule has 0 amide bonds. The Balaban J connectivity index is 0.000000605. The molecule has 69 valence electrons. The third kappa shape index (κ3) is 2.76. The maximum Gasteiger partial charge on any atom is 0.0592 e. The molecule has 0 aromatic carbocycles. The minimum absolute atomic E-state index is 0. The van der Waals surface area contributed by atoms with Crippen molar-refractivity contribution in [2.75, 3.05) is 19.6 Å². The van der Waals surface area contributed by atoms with Gasteiger partial charge in [-0.3, -0.25) is 0 Å². The largest absolute Gasteiger partial charge is 0.393 e. The molecule has 3 heteroatoms. The summed E-state index contributed by atoms with van der Waals surface area (Å²) in [6.45, 7) is 3.54. The summed E-state index contributed by atoms with van der Waals surface area (Å²) in [4.78, 5) is 2.47. The summed E-state index contributed by atoms with van der Waals surface area (Å²) in [5.74, 6) is 0.600. The van der Waals surface area contributed by atoms with Gasteiger partial charge < -0.3 is 17.4 Å². The zero-order valence-electron chi connectivity index (χ0n) is 7.87. The molecule has 1 unspecified atom stereocenters. The van der Waals surface area contributed by atoms with Gasteiger partial charge in [0.25, 0.3) is 0 Å². The second kappa shape index (κ2) is 5.69. The van der Waals surface area contributed by atoms with Crippen LogP contribution in [0, 0.1) is 13.3 Å². The number of piperidine rings is 2. The molecular formula is C9H18NOY-. The summed E-state index contributed by atoms with van der Waals surface area (Å²) in [6, 6.07) is 0.